The SMILES string of the molecule is Cc1cc(NC(=O)CCc2ccccc2)n(-c2nc3c(cnn3-c3cccc(C)c3C)c(=O)[nH]2)n1. The van der Waals surface area contributed by atoms with Crippen molar-refractivity contribution in [3.05, 3.63) is 93.5 Å². The molecule has 0 aliphatic heterocycles. The van der Waals surface area contributed by atoms with E-state index in [0.717, 1.165) is 22.4 Å². The first-order valence-corrected chi connectivity index (χ1v) is 11.4. The minimum atomic E-state index is -0.337. The largest absolute Gasteiger partial charge is 0.310 e. The van der Waals surface area contributed by atoms with E-state index in [9.17, 15) is 9.59 Å². The number of fused-ring (bicyclic) bond motifs is 1. The van der Waals surface area contributed by atoms with Gasteiger partial charge in [0.05, 0.1) is 17.6 Å². The molecule has 0 saturated carbocycles. The maximum Gasteiger partial charge on any atom is 0.263 e. The Bertz CT molecular complexity index is 1600. The van der Waals surface area contributed by atoms with Gasteiger partial charge in [-0.15, -0.1) is 0 Å². The molecule has 9 nitrogen and oxygen atoms in total. The van der Waals surface area contributed by atoms with Crippen molar-refractivity contribution in [3.8, 4) is 11.6 Å². The Labute approximate surface area is 201 Å². The third-order valence-corrected chi connectivity index (χ3v) is 6.01. The Morgan fingerprint density at radius 2 is 1.83 bits per heavy atom. The lowest BCUT2D eigenvalue weighted by atomic mass is 10.1. The van der Waals surface area contributed by atoms with Gasteiger partial charge in [0, 0.05) is 12.5 Å². The fourth-order valence-electron chi connectivity index (χ4n) is 4.01. The van der Waals surface area contributed by atoms with Gasteiger partial charge >= 0.3 is 0 Å². The summed E-state index contributed by atoms with van der Waals surface area (Å²) in [5.41, 5.74) is 4.83. The normalized spacial score (nSPS) is 11.2. The molecular weight excluding hydrogens is 442 g/mol. The van der Waals surface area contributed by atoms with Crippen LogP contribution in [0.25, 0.3) is 22.7 Å². The molecule has 0 atom stereocenters. The Morgan fingerprint density at radius 1 is 1.03 bits per heavy atom. The van der Waals surface area contributed by atoms with Crippen molar-refractivity contribution in [1.29, 1.82) is 0 Å². The number of nitrogens with one attached hydrogen (secondary N) is 2. The van der Waals surface area contributed by atoms with Crippen LogP contribution in [0.4, 0.5) is 5.82 Å². The van der Waals surface area contributed by atoms with Gasteiger partial charge < -0.3 is 5.32 Å². The van der Waals surface area contributed by atoms with E-state index in [1.807, 2.05) is 69.3 Å². The monoisotopic (exact) mass is 467 g/mol. The molecule has 3 aromatic heterocycles. The van der Waals surface area contributed by atoms with Crippen molar-refractivity contribution < 1.29 is 4.79 Å². The highest BCUT2D eigenvalue weighted by molar-refractivity contribution is 5.90. The van der Waals surface area contributed by atoms with Crippen LogP contribution in [-0.4, -0.2) is 35.4 Å². The summed E-state index contributed by atoms with van der Waals surface area (Å²) in [7, 11) is 0. The number of rotatable bonds is 6. The zero-order valence-corrected chi connectivity index (χ0v) is 19.7. The molecule has 176 valence electrons. The van der Waals surface area contributed by atoms with Crippen molar-refractivity contribution in [1.82, 2.24) is 29.5 Å². The number of anilines is 1. The van der Waals surface area contributed by atoms with Gasteiger partial charge in [-0.05, 0) is 49.9 Å². The van der Waals surface area contributed by atoms with Crippen molar-refractivity contribution >= 4 is 22.8 Å². The molecule has 5 rings (SSSR count). The van der Waals surface area contributed by atoms with Gasteiger partial charge in [-0.25, -0.2) is 4.68 Å². The van der Waals surface area contributed by atoms with Crippen LogP contribution in [0.1, 0.15) is 28.8 Å². The molecule has 0 radical (unpaired) electrons. The number of carbonyl (C=O) groups excluding carboxylic acids is 1. The summed E-state index contributed by atoms with van der Waals surface area (Å²) in [5, 5.41) is 12.2. The predicted octanol–water partition coefficient (Wildman–Crippen LogP) is 3.79. The Balaban J connectivity index is 1.50. The number of aromatic amines is 1. The Hall–Kier alpha value is -4.53. The van der Waals surface area contributed by atoms with Gasteiger partial charge in [0.15, 0.2) is 5.65 Å². The number of amides is 1. The predicted molar refractivity (Wildman–Crippen MR) is 134 cm³/mol. The summed E-state index contributed by atoms with van der Waals surface area (Å²) in [6.45, 7) is 5.84. The highest BCUT2D eigenvalue weighted by Gasteiger charge is 2.17. The highest BCUT2D eigenvalue weighted by atomic mass is 16.1. The topological polar surface area (TPSA) is 110 Å². The van der Waals surface area contributed by atoms with E-state index in [4.69, 9.17) is 0 Å². The fraction of sp³-hybridized carbons (Fsp3) is 0.192. The molecule has 0 spiro atoms. The number of nitrogens with zero attached hydrogens (tertiary/aromatic N) is 5. The second-order valence-corrected chi connectivity index (χ2v) is 8.52. The standard InChI is InChI=1S/C26H25N7O2/c1-16-8-7-11-21(18(16)3)32-24-20(15-27-32)25(35)30-26(29-24)33-22(14-17(2)31-33)28-23(34)13-12-19-9-5-4-6-10-19/h4-11,14-15H,12-13H2,1-3H3,(H,28,34)(H,29,30,35). The first-order valence-electron chi connectivity index (χ1n) is 11.4. The molecule has 9 heteroatoms. The van der Waals surface area contributed by atoms with Crippen molar-refractivity contribution in [2.45, 2.75) is 33.6 Å². The molecule has 5 aromatic rings. The summed E-state index contributed by atoms with van der Waals surface area (Å²) in [6, 6.07) is 17.5. The highest BCUT2D eigenvalue weighted by Crippen LogP contribution is 2.21. The summed E-state index contributed by atoms with van der Waals surface area (Å²) >= 11 is 0. The molecule has 35 heavy (non-hydrogen) atoms. The first-order chi connectivity index (χ1) is 16.9. The average Bonchev–Trinajstić information content (AvgIpc) is 3.43. The van der Waals surface area contributed by atoms with E-state index in [-0.39, 0.29) is 17.4 Å². The van der Waals surface area contributed by atoms with Gasteiger partial charge in [0.25, 0.3) is 5.56 Å². The number of benzene rings is 2. The van der Waals surface area contributed by atoms with Crippen molar-refractivity contribution in [3.63, 3.8) is 0 Å². The molecule has 3 heterocycles. The molecule has 0 fully saturated rings. The van der Waals surface area contributed by atoms with Crippen LogP contribution in [0.2, 0.25) is 0 Å². The Morgan fingerprint density at radius 3 is 2.63 bits per heavy atom. The molecular formula is C26H25N7O2. The minimum Gasteiger partial charge on any atom is -0.310 e. The molecule has 0 saturated heterocycles. The molecule has 2 aromatic carbocycles. The second-order valence-electron chi connectivity index (χ2n) is 8.52. The van der Waals surface area contributed by atoms with E-state index in [1.165, 1.54) is 10.9 Å². The molecule has 0 unspecified atom stereocenters. The molecule has 0 aliphatic rings. The molecule has 0 aliphatic carbocycles. The van der Waals surface area contributed by atoms with Crippen LogP contribution in [0, 0.1) is 20.8 Å². The molecule has 2 N–H and O–H groups in total. The second kappa shape index (κ2) is 9.02. The Kier molecular flexibility index (Phi) is 5.74. The smallest absolute Gasteiger partial charge is 0.263 e. The van der Waals surface area contributed by atoms with Crippen LogP contribution in [0.3, 0.4) is 0 Å². The van der Waals surface area contributed by atoms with Gasteiger partial charge in [-0.1, -0.05) is 42.5 Å². The summed E-state index contributed by atoms with van der Waals surface area (Å²) < 4.78 is 3.10. The quantitative estimate of drug-likeness (QED) is 0.395. The number of hydrogen-bond donors (Lipinski definition) is 2. The van der Waals surface area contributed by atoms with Crippen molar-refractivity contribution in [2.24, 2.45) is 0 Å². The number of aromatic nitrogens is 6. The zero-order chi connectivity index (χ0) is 24.5. The molecule has 0 bridgehead atoms. The minimum absolute atomic E-state index is 0.154. The number of H-pyrrole nitrogens is 1. The molecule has 1 amide bonds. The van der Waals surface area contributed by atoms with Crippen LogP contribution in [-0.2, 0) is 11.2 Å². The van der Waals surface area contributed by atoms with Gasteiger partial charge in [-0.2, -0.15) is 19.9 Å². The maximum atomic E-state index is 12.9. The van der Waals surface area contributed by atoms with E-state index < -0.39 is 0 Å². The third kappa shape index (κ3) is 4.35. The van der Waals surface area contributed by atoms with Crippen molar-refractivity contribution in [2.75, 3.05) is 5.32 Å². The number of hydrogen-bond acceptors (Lipinski definition) is 5. The van der Waals surface area contributed by atoms with E-state index in [0.29, 0.717) is 35.4 Å². The summed E-state index contributed by atoms with van der Waals surface area (Å²) in [4.78, 5) is 33.0. The first kappa shape index (κ1) is 22.3. The van der Waals surface area contributed by atoms with Gasteiger partial charge in [-0.3, -0.25) is 14.6 Å². The van der Waals surface area contributed by atoms with Crippen LogP contribution in [0.5, 0.6) is 0 Å². The number of aryl methyl sites for hydroxylation is 3. The average molecular weight is 468 g/mol. The lowest BCUT2D eigenvalue weighted by molar-refractivity contribution is -0.116. The summed E-state index contributed by atoms with van der Waals surface area (Å²) in [5.74, 6) is 0.473. The summed E-state index contributed by atoms with van der Waals surface area (Å²) in [6.07, 6.45) is 2.44. The van der Waals surface area contributed by atoms with Crippen LogP contribution in [0.15, 0.2) is 65.6 Å². The van der Waals surface area contributed by atoms with E-state index in [2.05, 4.69) is 25.5 Å². The van der Waals surface area contributed by atoms with Gasteiger partial charge in [0.1, 0.15) is 11.2 Å². The third-order valence-electron chi connectivity index (χ3n) is 6.01. The van der Waals surface area contributed by atoms with Crippen LogP contribution >= 0.6 is 0 Å². The lowest BCUT2D eigenvalue weighted by Crippen LogP contribution is -2.19. The zero-order valence-electron chi connectivity index (χ0n) is 19.7. The lowest BCUT2D eigenvalue weighted by Gasteiger charge is -2.11. The van der Waals surface area contributed by atoms with Crippen LogP contribution < -0.4 is 10.9 Å². The maximum absolute atomic E-state index is 12.9. The van der Waals surface area contributed by atoms with Gasteiger partial charge in [0.2, 0.25) is 11.9 Å². The number of carbonyl (C=O) groups is 1. The fourth-order valence-corrected chi connectivity index (χ4v) is 4.01. The van der Waals surface area contributed by atoms with E-state index >= 15 is 0 Å². The van der Waals surface area contributed by atoms with E-state index in [1.54, 1.807) is 10.7 Å².